The van der Waals surface area contributed by atoms with Gasteiger partial charge in [0, 0.05) is 22.4 Å². The first kappa shape index (κ1) is 12.3. The first-order valence-electron chi connectivity index (χ1n) is 5.38. The summed E-state index contributed by atoms with van der Waals surface area (Å²) in [6.45, 7) is 0. The van der Waals surface area contributed by atoms with Gasteiger partial charge in [0.15, 0.2) is 5.82 Å². The molecule has 3 rings (SSSR count). The zero-order valence-electron chi connectivity index (χ0n) is 9.53. The highest BCUT2D eigenvalue weighted by atomic mass is 79.9. The van der Waals surface area contributed by atoms with Gasteiger partial charge in [0.2, 0.25) is 11.2 Å². The molecule has 0 fully saturated rings. The molecule has 0 spiro atoms. The van der Waals surface area contributed by atoms with E-state index in [1.54, 1.807) is 23.3 Å². The minimum atomic E-state index is 0.147. The van der Waals surface area contributed by atoms with Crippen molar-refractivity contribution < 1.29 is 0 Å². The number of nitrogens with zero attached hydrogens (tertiary/aromatic N) is 5. The van der Waals surface area contributed by atoms with Crippen LogP contribution in [0.4, 0.5) is 0 Å². The molecule has 3 aromatic rings. The molecule has 94 valence electrons. The second kappa shape index (κ2) is 5.07. The molecule has 0 amide bonds. The van der Waals surface area contributed by atoms with E-state index in [0.29, 0.717) is 11.8 Å². The van der Waals surface area contributed by atoms with Gasteiger partial charge < -0.3 is 0 Å². The summed E-state index contributed by atoms with van der Waals surface area (Å²) in [5.74, 6) is 0.956. The van der Waals surface area contributed by atoms with Gasteiger partial charge in [-0.15, -0.1) is 0 Å². The summed E-state index contributed by atoms with van der Waals surface area (Å²) in [5, 5.41) is 0.147. The Bertz CT molecular complexity index is 714. The summed E-state index contributed by atoms with van der Waals surface area (Å²) in [6, 6.07) is 7.68. The minimum absolute atomic E-state index is 0.147. The first-order chi connectivity index (χ1) is 9.22. The Morgan fingerprint density at radius 1 is 1.16 bits per heavy atom. The summed E-state index contributed by atoms with van der Waals surface area (Å²) in [6.07, 6.45) is 5.00. The Hall–Kier alpha value is -1.79. The maximum Gasteiger partial charge on any atom is 0.239 e. The van der Waals surface area contributed by atoms with Crippen LogP contribution in [0.3, 0.4) is 0 Å². The van der Waals surface area contributed by atoms with Crippen molar-refractivity contribution in [1.82, 2.24) is 24.5 Å². The molecule has 0 saturated heterocycles. The van der Waals surface area contributed by atoms with Crippen LogP contribution in [-0.2, 0) is 0 Å². The van der Waals surface area contributed by atoms with Crippen LogP contribution >= 0.6 is 27.5 Å². The van der Waals surface area contributed by atoms with Gasteiger partial charge in [0.25, 0.3) is 0 Å². The van der Waals surface area contributed by atoms with Crippen LogP contribution in [0.25, 0.3) is 17.3 Å². The molecule has 0 atom stereocenters. The monoisotopic (exact) mass is 335 g/mol. The molecule has 2 aromatic heterocycles. The van der Waals surface area contributed by atoms with Crippen molar-refractivity contribution in [3.63, 3.8) is 0 Å². The molecule has 19 heavy (non-hydrogen) atoms. The van der Waals surface area contributed by atoms with Crippen LogP contribution in [0.2, 0.25) is 5.28 Å². The fourth-order valence-corrected chi connectivity index (χ4v) is 2.14. The van der Waals surface area contributed by atoms with Gasteiger partial charge in [-0.2, -0.15) is 15.0 Å². The Labute approximate surface area is 122 Å². The normalized spacial score (nSPS) is 10.6. The molecule has 1 aromatic carbocycles. The lowest BCUT2D eigenvalue weighted by molar-refractivity contribution is 0.899. The van der Waals surface area contributed by atoms with Crippen molar-refractivity contribution in [1.29, 1.82) is 0 Å². The molecular weight excluding hydrogens is 330 g/mol. The van der Waals surface area contributed by atoms with Crippen molar-refractivity contribution in [2.45, 2.75) is 0 Å². The van der Waals surface area contributed by atoms with E-state index < -0.39 is 0 Å². The van der Waals surface area contributed by atoms with Crippen LogP contribution in [0.15, 0.2) is 47.5 Å². The predicted octanol–water partition coefficient (Wildman–Crippen LogP) is 3.14. The van der Waals surface area contributed by atoms with Gasteiger partial charge >= 0.3 is 0 Å². The molecule has 7 heteroatoms. The van der Waals surface area contributed by atoms with Crippen LogP contribution in [0, 0.1) is 0 Å². The second-order valence-electron chi connectivity index (χ2n) is 3.71. The van der Waals surface area contributed by atoms with E-state index in [9.17, 15) is 0 Å². The van der Waals surface area contributed by atoms with Gasteiger partial charge in [-0.3, -0.25) is 4.57 Å². The molecule has 0 unspecified atom stereocenters. The molecule has 0 aliphatic rings. The van der Waals surface area contributed by atoms with Crippen molar-refractivity contribution in [2.24, 2.45) is 0 Å². The molecule has 0 saturated carbocycles. The fourth-order valence-electron chi connectivity index (χ4n) is 1.59. The molecule has 0 aliphatic carbocycles. The quantitative estimate of drug-likeness (QED) is 0.721. The average molecular weight is 337 g/mol. The lowest BCUT2D eigenvalue weighted by atomic mass is 10.2. The molecular formula is C12H7BrClN5. The van der Waals surface area contributed by atoms with E-state index in [-0.39, 0.29) is 5.28 Å². The Kier molecular flexibility index (Phi) is 3.27. The number of benzene rings is 1. The zero-order valence-corrected chi connectivity index (χ0v) is 11.9. The smallest absolute Gasteiger partial charge is 0.239 e. The maximum atomic E-state index is 5.95. The van der Waals surface area contributed by atoms with Gasteiger partial charge in [-0.05, 0) is 23.7 Å². The van der Waals surface area contributed by atoms with E-state index >= 15 is 0 Å². The summed E-state index contributed by atoms with van der Waals surface area (Å²) < 4.78 is 2.63. The predicted molar refractivity (Wildman–Crippen MR) is 75.1 cm³/mol. The van der Waals surface area contributed by atoms with Crippen LogP contribution in [0.1, 0.15) is 0 Å². The highest BCUT2D eigenvalue weighted by molar-refractivity contribution is 9.10. The van der Waals surface area contributed by atoms with Gasteiger partial charge in [-0.25, -0.2) is 4.98 Å². The highest BCUT2D eigenvalue weighted by Gasteiger charge is 2.08. The summed E-state index contributed by atoms with van der Waals surface area (Å²) >= 11 is 9.36. The number of imidazole rings is 1. The zero-order chi connectivity index (χ0) is 13.2. The fraction of sp³-hybridized carbons (Fsp3) is 0. The number of hydrogen-bond acceptors (Lipinski definition) is 4. The van der Waals surface area contributed by atoms with Crippen molar-refractivity contribution in [3.8, 4) is 17.3 Å². The second-order valence-corrected chi connectivity index (χ2v) is 4.96. The number of halogens is 2. The average Bonchev–Trinajstić information content (AvgIpc) is 2.92. The summed E-state index contributed by atoms with van der Waals surface area (Å²) in [7, 11) is 0. The number of rotatable bonds is 2. The SMILES string of the molecule is Clc1nc(-c2cccc(Br)c2)nc(-n2ccnc2)n1. The van der Waals surface area contributed by atoms with Crippen molar-refractivity contribution >= 4 is 27.5 Å². The minimum Gasteiger partial charge on any atom is -0.274 e. The van der Waals surface area contributed by atoms with E-state index in [0.717, 1.165) is 10.0 Å². The van der Waals surface area contributed by atoms with E-state index in [1.807, 2.05) is 24.3 Å². The third kappa shape index (κ3) is 2.64. The Morgan fingerprint density at radius 3 is 2.79 bits per heavy atom. The van der Waals surface area contributed by atoms with E-state index in [1.165, 1.54) is 0 Å². The van der Waals surface area contributed by atoms with E-state index in [4.69, 9.17) is 11.6 Å². The lowest BCUT2D eigenvalue weighted by Gasteiger charge is -2.04. The summed E-state index contributed by atoms with van der Waals surface area (Å²) in [5.41, 5.74) is 0.861. The van der Waals surface area contributed by atoms with Gasteiger partial charge in [0.05, 0.1) is 0 Å². The molecule has 0 N–H and O–H groups in total. The van der Waals surface area contributed by atoms with Gasteiger partial charge in [0.1, 0.15) is 6.33 Å². The molecule has 0 bridgehead atoms. The van der Waals surface area contributed by atoms with Crippen molar-refractivity contribution in [3.05, 3.63) is 52.7 Å². The largest absolute Gasteiger partial charge is 0.274 e. The third-order valence-electron chi connectivity index (χ3n) is 2.41. The molecule has 0 aliphatic heterocycles. The maximum absolute atomic E-state index is 5.95. The van der Waals surface area contributed by atoms with Gasteiger partial charge in [-0.1, -0.05) is 28.1 Å². The Morgan fingerprint density at radius 2 is 2.05 bits per heavy atom. The lowest BCUT2D eigenvalue weighted by Crippen LogP contribution is -2.02. The topological polar surface area (TPSA) is 56.5 Å². The number of aromatic nitrogens is 5. The number of hydrogen-bond donors (Lipinski definition) is 0. The highest BCUT2D eigenvalue weighted by Crippen LogP contribution is 2.21. The third-order valence-corrected chi connectivity index (χ3v) is 3.08. The van der Waals surface area contributed by atoms with E-state index in [2.05, 4.69) is 35.9 Å². The molecule has 0 radical (unpaired) electrons. The van der Waals surface area contributed by atoms with Crippen LogP contribution in [0.5, 0.6) is 0 Å². The first-order valence-corrected chi connectivity index (χ1v) is 6.55. The Balaban J connectivity index is 2.12. The van der Waals surface area contributed by atoms with Crippen LogP contribution in [-0.4, -0.2) is 24.5 Å². The standard InChI is InChI=1S/C12H7BrClN5/c13-9-3-1-2-8(6-9)10-16-11(14)18-12(17-10)19-5-4-15-7-19/h1-7H. The van der Waals surface area contributed by atoms with Crippen molar-refractivity contribution in [2.75, 3.05) is 0 Å². The summed E-state index contributed by atoms with van der Waals surface area (Å²) in [4.78, 5) is 16.6. The van der Waals surface area contributed by atoms with Crippen LogP contribution < -0.4 is 0 Å². The molecule has 2 heterocycles. The molecule has 5 nitrogen and oxygen atoms in total.